The Morgan fingerprint density at radius 1 is 1.00 bits per heavy atom. The van der Waals surface area contributed by atoms with Gasteiger partial charge in [-0.3, -0.25) is 9.10 Å². The van der Waals surface area contributed by atoms with Gasteiger partial charge in [0.05, 0.1) is 10.6 Å². The lowest BCUT2D eigenvalue weighted by Gasteiger charge is -2.25. The van der Waals surface area contributed by atoms with Crippen LogP contribution < -0.4 is 9.62 Å². The third kappa shape index (κ3) is 7.19. The molecule has 3 rings (SSSR count). The summed E-state index contributed by atoms with van der Waals surface area (Å²) in [5.74, 6) is -0.318. The van der Waals surface area contributed by atoms with Crippen molar-refractivity contribution < 1.29 is 13.2 Å². The predicted octanol–water partition coefficient (Wildman–Crippen LogP) is 4.53. The molecule has 8 heteroatoms. The normalized spacial score (nSPS) is 15.1. The molecule has 0 spiro atoms. The molecule has 0 unspecified atom stereocenters. The van der Waals surface area contributed by atoms with E-state index in [1.165, 1.54) is 54.3 Å². The number of nitrogens with one attached hydrogen (secondary N) is 1. The van der Waals surface area contributed by atoms with Gasteiger partial charge in [-0.1, -0.05) is 30.5 Å². The number of carbonyl (C=O) groups is 1. The topological polar surface area (TPSA) is 69.7 Å². The third-order valence-corrected chi connectivity index (χ3v) is 8.18. The van der Waals surface area contributed by atoms with Crippen LogP contribution in [-0.4, -0.2) is 51.9 Å². The molecule has 2 aromatic carbocycles. The van der Waals surface area contributed by atoms with Crippen molar-refractivity contribution in [1.29, 1.82) is 0 Å². The SMILES string of the molecule is Cc1ccc(N(CC(=O)NCCCN2CCCCCC2)S(=O)(=O)c2ccc(Cl)cc2)cc1C. The first-order valence-electron chi connectivity index (χ1n) is 11.6. The number of amides is 1. The fourth-order valence-electron chi connectivity index (χ4n) is 4.01. The first kappa shape index (κ1) is 25.5. The summed E-state index contributed by atoms with van der Waals surface area (Å²) in [5, 5.41) is 3.36. The summed E-state index contributed by atoms with van der Waals surface area (Å²) in [6.07, 6.45) is 5.91. The smallest absolute Gasteiger partial charge is 0.264 e. The molecular weight excluding hydrogens is 458 g/mol. The maximum Gasteiger partial charge on any atom is 0.264 e. The second-order valence-corrected chi connectivity index (χ2v) is 11.0. The van der Waals surface area contributed by atoms with Crippen LogP contribution in [0.1, 0.15) is 43.2 Å². The zero-order valence-electron chi connectivity index (χ0n) is 19.5. The van der Waals surface area contributed by atoms with Crippen LogP contribution in [0.25, 0.3) is 0 Å². The van der Waals surface area contributed by atoms with Crippen LogP contribution >= 0.6 is 11.6 Å². The number of rotatable bonds is 9. The van der Waals surface area contributed by atoms with Gasteiger partial charge in [-0.05, 0) is 100 Å². The molecular formula is C25H34ClN3O3S. The van der Waals surface area contributed by atoms with Gasteiger partial charge in [-0.2, -0.15) is 0 Å². The summed E-state index contributed by atoms with van der Waals surface area (Å²) in [7, 11) is -3.94. The average molecular weight is 492 g/mol. The highest BCUT2D eigenvalue weighted by Crippen LogP contribution is 2.26. The summed E-state index contributed by atoms with van der Waals surface area (Å²) in [6.45, 7) is 7.32. The summed E-state index contributed by atoms with van der Waals surface area (Å²) in [6, 6.07) is 11.4. The number of carbonyl (C=O) groups excluding carboxylic acids is 1. The molecule has 6 nitrogen and oxygen atoms in total. The van der Waals surface area contributed by atoms with E-state index in [1.807, 2.05) is 19.9 Å². The molecule has 0 bridgehead atoms. The number of hydrogen-bond donors (Lipinski definition) is 1. The fourth-order valence-corrected chi connectivity index (χ4v) is 5.54. The lowest BCUT2D eigenvalue weighted by Crippen LogP contribution is -2.41. The van der Waals surface area contributed by atoms with Gasteiger partial charge in [0, 0.05) is 11.6 Å². The van der Waals surface area contributed by atoms with E-state index in [-0.39, 0.29) is 17.3 Å². The highest BCUT2D eigenvalue weighted by atomic mass is 35.5. The van der Waals surface area contributed by atoms with E-state index in [1.54, 1.807) is 12.1 Å². The molecule has 1 N–H and O–H groups in total. The molecule has 0 aliphatic carbocycles. The Labute approximate surface area is 203 Å². The number of nitrogens with zero attached hydrogens (tertiary/aromatic N) is 2. The van der Waals surface area contributed by atoms with Crippen molar-refractivity contribution in [2.24, 2.45) is 0 Å². The number of hydrogen-bond acceptors (Lipinski definition) is 4. The van der Waals surface area contributed by atoms with Crippen LogP contribution in [-0.2, 0) is 14.8 Å². The van der Waals surface area contributed by atoms with Crippen molar-refractivity contribution >= 4 is 33.2 Å². The van der Waals surface area contributed by atoms with Gasteiger partial charge >= 0.3 is 0 Å². The maximum atomic E-state index is 13.4. The Morgan fingerprint density at radius 2 is 1.67 bits per heavy atom. The lowest BCUT2D eigenvalue weighted by atomic mass is 10.1. The van der Waals surface area contributed by atoms with Crippen molar-refractivity contribution in [3.05, 3.63) is 58.6 Å². The third-order valence-electron chi connectivity index (χ3n) is 6.14. The predicted molar refractivity (Wildman–Crippen MR) is 134 cm³/mol. The largest absolute Gasteiger partial charge is 0.354 e. The molecule has 2 aromatic rings. The standard InChI is InChI=1S/C25H34ClN3O3S/c1-20-8-11-23(18-21(20)2)29(33(31,32)24-12-9-22(26)10-13-24)19-25(30)27-14-7-17-28-15-5-3-4-6-16-28/h8-13,18H,3-7,14-17,19H2,1-2H3,(H,27,30). The van der Waals surface area contributed by atoms with Crippen LogP contribution in [0.3, 0.4) is 0 Å². The van der Waals surface area contributed by atoms with Gasteiger partial charge in [-0.25, -0.2) is 8.42 Å². The van der Waals surface area contributed by atoms with E-state index >= 15 is 0 Å². The van der Waals surface area contributed by atoms with Gasteiger partial charge in [0.1, 0.15) is 6.54 Å². The number of sulfonamides is 1. The van der Waals surface area contributed by atoms with E-state index < -0.39 is 10.0 Å². The molecule has 0 radical (unpaired) electrons. The Morgan fingerprint density at radius 3 is 2.30 bits per heavy atom. The minimum atomic E-state index is -3.94. The monoisotopic (exact) mass is 491 g/mol. The molecule has 0 aromatic heterocycles. The Bertz CT molecular complexity index is 1030. The van der Waals surface area contributed by atoms with Crippen LogP contribution in [0.2, 0.25) is 5.02 Å². The van der Waals surface area contributed by atoms with E-state index in [9.17, 15) is 13.2 Å². The van der Waals surface area contributed by atoms with Crippen LogP contribution in [0.4, 0.5) is 5.69 Å². The van der Waals surface area contributed by atoms with Crippen LogP contribution in [0.15, 0.2) is 47.4 Å². The van der Waals surface area contributed by atoms with E-state index in [4.69, 9.17) is 11.6 Å². The molecule has 180 valence electrons. The van der Waals surface area contributed by atoms with Gasteiger partial charge < -0.3 is 10.2 Å². The quantitative estimate of drug-likeness (QED) is 0.523. The second kappa shape index (κ2) is 11.9. The highest BCUT2D eigenvalue weighted by molar-refractivity contribution is 7.92. The van der Waals surface area contributed by atoms with E-state index in [2.05, 4.69) is 10.2 Å². The number of aryl methyl sites for hydroxylation is 2. The number of benzene rings is 2. The van der Waals surface area contributed by atoms with Crippen LogP contribution in [0, 0.1) is 13.8 Å². The van der Waals surface area contributed by atoms with Crippen molar-refractivity contribution in [2.45, 2.75) is 50.8 Å². The number of likely N-dealkylation sites (tertiary alicyclic amines) is 1. The van der Waals surface area contributed by atoms with E-state index in [0.29, 0.717) is 17.3 Å². The zero-order chi connectivity index (χ0) is 23.8. The first-order valence-corrected chi connectivity index (χ1v) is 13.4. The Hall–Kier alpha value is -2.09. The van der Waals surface area contributed by atoms with Crippen LogP contribution in [0.5, 0.6) is 0 Å². The highest BCUT2D eigenvalue weighted by Gasteiger charge is 2.27. The fraction of sp³-hybridized carbons (Fsp3) is 0.480. The van der Waals surface area contributed by atoms with Crippen molar-refractivity contribution in [3.8, 4) is 0 Å². The lowest BCUT2D eigenvalue weighted by molar-refractivity contribution is -0.119. The summed E-state index contributed by atoms with van der Waals surface area (Å²) >= 11 is 5.94. The summed E-state index contributed by atoms with van der Waals surface area (Å²) in [4.78, 5) is 15.3. The number of anilines is 1. The second-order valence-electron chi connectivity index (χ2n) is 8.69. The summed E-state index contributed by atoms with van der Waals surface area (Å²) < 4.78 is 28.1. The van der Waals surface area contributed by atoms with E-state index in [0.717, 1.165) is 37.2 Å². The number of halogens is 1. The van der Waals surface area contributed by atoms with Gasteiger partial charge in [0.2, 0.25) is 5.91 Å². The molecule has 0 atom stereocenters. The Kier molecular flexibility index (Phi) is 9.18. The van der Waals surface area contributed by atoms with Gasteiger partial charge in [-0.15, -0.1) is 0 Å². The Balaban J connectivity index is 1.69. The molecule has 1 fully saturated rings. The molecule has 1 heterocycles. The summed E-state index contributed by atoms with van der Waals surface area (Å²) in [5.41, 5.74) is 2.48. The van der Waals surface area contributed by atoms with Crippen molar-refractivity contribution in [2.75, 3.05) is 37.0 Å². The minimum absolute atomic E-state index is 0.0964. The first-order chi connectivity index (χ1) is 15.8. The molecule has 33 heavy (non-hydrogen) atoms. The molecule has 1 saturated heterocycles. The van der Waals surface area contributed by atoms with Gasteiger partial charge in [0.15, 0.2) is 0 Å². The minimum Gasteiger partial charge on any atom is -0.354 e. The molecule has 1 aliphatic heterocycles. The molecule has 1 aliphatic rings. The van der Waals surface area contributed by atoms with Crippen molar-refractivity contribution in [3.63, 3.8) is 0 Å². The molecule has 0 saturated carbocycles. The molecule has 1 amide bonds. The maximum absolute atomic E-state index is 13.4. The van der Waals surface area contributed by atoms with Crippen molar-refractivity contribution in [1.82, 2.24) is 10.2 Å². The zero-order valence-corrected chi connectivity index (χ0v) is 21.1. The average Bonchev–Trinajstić information content (AvgIpc) is 3.06. The van der Waals surface area contributed by atoms with Gasteiger partial charge in [0.25, 0.3) is 10.0 Å².